The van der Waals surface area contributed by atoms with Gasteiger partial charge in [0.1, 0.15) is 40.2 Å². The molecular weight excluding hydrogens is 970 g/mol. The quantitative estimate of drug-likeness (QED) is 0.0559. The van der Waals surface area contributed by atoms with Crippen LogP contribution in [0, 0.1) is 24.0 Å². The number of nitrogens with two attached hydrogens (primary N) is 1. The number of hydrogen-bond acceptors (Lipinski definition) is 15. The van der Waals surface area contributed by atoms with Gasteiger partial charge in [0.2, 0.25) is 11.9 Å². The largest absolute Gasteiger partial charge is 0.496 e. The van der Waals surface area contributed by atoms with E-state index in [4.69, 9.17) is 80.6 Å². The number of benzene rings is 6. The maximum atomic E-state index is 11.4. The van der Waals surface area contributed by atoms with Gasteiger partial charge in [-0.05, 0) is 43.2 Å². The summed E-state index contributed by atoms with van der Waals surface area (Å²) in [5.74, 6) is 3.23. The lowest BCUT2D eigenvalue weighted by molar-refractivity contribution is -0.384. The van der Waals surface area contributed by atoms with E-state index in [1.807, 2.05) is 31.2 Å². The molecule has 0 saturated heterocycles. The predicted molar refractivity (Wildman–Crippen MR) is 278 cm³/mol. The Morgan fingerprint density at radius 3 is 1.32 bits per heavy atom. The van der Waals surface area contributed by atoms with E-state index in [2.05, 4.69) is 30.6 Å². The number of nitrogens with zero attached hydrogens (tertiary/aromatic N) is 5. The Hall–Kier alpha value is -7.24. The molecule has 0 aliphatic heterocycles. The first-order valence-corrected chi connectivity index (χ1v) is 21.7. The van der Waals surface area contributed by atoms with Crippen LogP contribution in [0.2, 0.25) is 20.1 Å². The predicted octanol–water partition coefficient (Wildman–Crippen LogP) is 13.7. The molecule has 360 valence electrons. The van der Waals surface area contributed by atoms with Gasteiger partial charge in [0, 0.05) is 77.2 Å². The fourth-order valence-electron chi connectivity index (χ4n) is 7.26. The summed E-state index contributed by atoms with van der Waals surface area (Å²) in [5.41, 5.74) is 12.9. The summed E-state index contributed by atoms with van der Waals surface area (Å²) < 4.78 is 32.9. The Bertz CT molecular complexity index is 3180. The van der Waals surface area contributed by atoms with Gasteiger partial charge in [0.05, 0.1) is 90.1 Å². The van der Waals surface area contributed by atoms with Crippen molar-refractivity contribution in [3.63, 3.8) is 0 Å². The van der Waals surface area contributed by atoms with Crippen LogP contribution in [-0.2, 0) is 0 Å². The molecule has 69 heavy (non-hydrogen) atoms. The second kappa shape index (κ2) is 21.8. The molecule has 2 aromatic heterocycles. The number of methoxy groups -OCH3 is 6. The third-order valence-corrected chi connectivity index (χ3v) is 12.2. The summed E-state index contributed by atoms with van der Waals surface area (Å²) in [6, 6.07) is 20.9. The van der Waals surface area contributed by atoms with Crippen molar-refractivity contribution in [3.05, 3.63) is 127 Å². The second-order valence-corrected chi connectivity index (χ2v) is 16.2. The highest BCUT2D eigenvalue weighted by atomic mass is 35.5. The molecule has 0 bridgehead atoms. The summed E-state index contributed by atoms with van der Waals surface area (Å²) in [4.78, 5) is 29.0. The fraction of sp³-hybridized carbons (Fsp3) is 0.184. The zero-order valence-corrected chi connectivity index (χ0v) is 40.7. The van der Waals surface area contributed by atoms with Gasteiger partial charge in [0.15, 0.2) is 0 Å². The van der Waals surface area contributed by atoms with Gasteiger partial charge in [0.25, 0.3) is 5.69 Å². The van der Waals surface area contributed by atoms with Gasteiger partial charge in [-0.1, -0.05) is 78.1 Å². The summed E-state index contributed by atoms with van der Waals surface area (Å²) in [6.07, 6.45) is 3.30. The van der Waals surface area contributed by atoms with E-state index >= 15 is 0 Å². The standard InChI is InChI=1S/C24H20Cl2N4O5.C24H22Cl2N4O3.CH4.H2/c1-12-6-5-7-16(30(31)32)23(12)29-24-27-11-13-8-14(17(33-2)9-15(13)28-24)20-21(25)18(34-3)10-19(35-4)22(20)26;1-12-6-5-7-15(27)23(12)30-24-28-11-13-8-14(17(31-2)9-16(13)29-24)20-21(25)18(32-3)10-19(33-4)22(20)26;;/h5-11H,1-4H3,(H,27,28,29);5-11H,27H2,1-4H3,(H,28,29,30);1H4;1H. The Morgan fingerprint density at radius 2 is 0.942 bits per heavy atom. The lowest BCUT2D eigenvalue weighted by Gasteiger charge is -2.17. The molecule has 0 unspecified atom stereocenters. The first-order chi connectivity index (χ1) is 32.7. The molecule has 0 aliphatic rings. The molecule has 16 nitrogen and oxygen atoms in total. The minimum Gasteiger partial charge on any atom is -0.496 e. The zero-order chi connectivity index (χ0) is 49.0. The van der Waals surface area contributed by atoms with Crippen molar-refractivity contribution < 1.29 is 34.8 Å². The molecule has 0 amide bonds. The molecule has 8 aromatic rings. The number of nitro benzene ring substituents is 1. The number of aryl methyl sites for hydroxylation is 2. The molecule has 0 radical (unpaired) electrons. The van der Waals surface area contributed by atoms with E-state index in [0.29, 0.717) is 116 Å². The SMILES string of the molecule is C.COc1cc2nc(Nc3c(C)cccc3N)ncc2cc1-c1c(Cl)c(OC)cc(OC)c1Cl.COc1cc2nc(Nc3c(C)cccc3[N+](=O)[O-])ncc2cc1-c1c(Cl)c(OC)cc(OC)c1Cl.[HH]. The second-order valence-electron chi connectivity index (χ2n) is 14.7. The summed E-state index contributed by atoms with van der Waals surface area (Å²) in [7, 11) is 9.13. The number of rotatable bonds is 13. The maximum Gasteiger partial charge on any atom is 0.293 e. The van der Waals surface area contributed by atoms with Gasteiger partial charge < -0.3 is 44.8 Å². The first kappa shape index (κ1) is 51.2. The van der Waals surface area contributed by atoms with Crippen LogP contribution >= 0.6 is 46.4 Å². The third kappa shape index (κ3) is 10.3. The lowest BCUT2D eigenvalue weighted by Crippen LogP contribution is -2.03. The van der Waals surface area contributed by atoms with Crippen LogP contribution < -0.4 is 44.8 Å². The Morgan fingerprint density at radius 1 is 0.565 bits per heavy atom. The lowest BCUT2D eigenvalue weighted by atomic mass is 10.0. The van der Waals surface area contributed by atoms with Gasteiger partial charge in [-0.15, -0.1) is 0 Å². The summed E-state index contributed by atoms with van der Waals surface area (Å²) in [5, 5.41) is 20.3. The molecule has 0 aliphatic carbocycles. The molecule has 0 saturated carbocycles. The van der Waals surface area contributed by atoms with Crippen molar-refractivity contribution in [2.45, 2.75) is 21.3 Å². The number of anilines is 5. The third-order valence-electron chi connectivity index (χ3n) is 10.7. The molecular formula is C49H48Cl4N8O8. The van der Waals surface area contributed by atoms with Crippen molar-refractivity contribution in [1.29, 1.82) is 0 Å². The number of hydrogen-bond donors (Lipinski definition) is 3. The van der Waals surface area contributed by atoms with E-state index in [9.17, 15) is 10.1 Å². The zero-order valence-electron chi connectivity index (χ0n) is 37.7. The van der Waals surface area contributed by atoms with Crippen LogP contribution in [0.4, 0.5) is 34.6 Å². The molecule has 20 heteroatoms. The van der Waals surface area contributed by atoms with Crippen molar-refractivity contribution >= 4 is 103 Å². The topological polar surface area (TPSA) is 200 Å². The van der Waals surface area contributed by atoms with E-state index in [0.717, 1.165) is 16.6 Å². The summed E-state index contributed by atoms with van der Waals surface area (Å²) in [6.45, 7) is 3.73. The number of nitro groups is 1. The smallest absolute Gasteiger partial charge is 0.293 e. The van der Waals surface area contributed by atoms with Crippen LogP contribution in [-0.4, -0.2) is 67.5 Å². The van der Waals surface area contributed by atoms with Crippen LogP contribution in [0.15, 0.2) is 85.2 Å². The minimum absolute atomic E-state index is 0. The van der Waals surface area contributed by atoms with Gasteiger partial charge in [-0.3, -0.25) is 10.1 Å². The van der Waals surface area contributed by atoms with Crippen LogP contribution in [0.5, 0.6) is 34.5 Å². The molecule has 6 aromatic carbocycles. The molecule has 0 spiro atoms. The molecule has 4 N–H and O–H groups in total. The van der Waals surface area contributed by atoms with Gasteiger partial charge in [-0.2, -0.15) is 0 Å². The highest BCUT2D eigenvalue weighted by Crippen LogP contribution is 2.51. The monoisotopic (exact) mass is 1020 g/mol. The Kier molecular flexibility index (Phi) is 16.2. The summed E-state index contributed by atoms with van der Waals surface area (Å²) >= 11 is 26.5. The average molecular weight is 1020 g/mol. The number of nitrogen functional groups attached to an aromatic ring is 1. The molecule has 8 rings (SSSR count). The number of nitrogens with one attached hydrogen (secondary N) is 2. The minimum atomic E-state index is -0.457. The van der Waals surface area contributed by atoms with Gasteiger partial charge in [-0.25, -0.2) is 19.9 Å². The molecule has 2 heterocycles. The average Bonchev–Trinajstić information content (AvgIpc) is 3.33. The van der Waals surface area contributed by atoms with E-state index in [1.165, 1.54) is 41.6 Å². The van der Waals surface area contributed by atoms with Crippen LogP contribution in [0.25, 0.3) is 44.1 Å². The molecule has 0 fully saturated rings. The molecule has 0 atom stereocenters. The number of fused-ring (bicyclic) bond motifs is 2. The van der Waals surface area contributed by atoms with Crippen LogP contribution in [0.3, 0.4) is 0 Å². The normalized spacial score (nSPS) is 10.7. The number of para-hydroxylation sites is 2. The fourth-order valence-corrected chi connectivity index (χ4v) is 8.67. The maximum absolute atomic E-state index is 11.4. The highest BCUT2D eigenvalue weighted by Gasteiger charge is 2.25. The number of aromatic nitrogens is 4. The Balaban J connectivity index is 0.000000254. The van der Waals surface area contributed by atoms with Crippen molar-refractivity contribution in [3.8, 4) is 56.8 Å². The first-order valence-electron chi connectivity index (χ1n) is 20.2. The van der Waals surface area contributed by atoms with Crippen LogP contribution in [0.1, 0.15) is 20.0 Å². The number of halogens is 4. The van der Waals surface area contributed by atoms with Crippen molar-refractivity contribution in [1.82, 2.24) is 19.9 Å². The van der Waals surface area contributed by atoms with E-state index in [-0.39, 0.29) is 20.5 Å². The van der Waals surface area contributed by atoms with Crippen molar-refractivity contribution in [2.24, 2.45) is 0 Å². The number of ether oxygens (including phenoxy) is 6. The van der Waals surface area contributed by atoms with E-state index < -0.39 is 4.92 Å². The van der Waals surface area contributed by atoms with Gasteiger partial charge >= 0.3 is 0 Å². The van der Waals surface area contributed by atoms with E-state index in [1.54, 1.807) is 68.9 Å². The van der Waals surface area contributed by atoms with Crippen molar-refractivity contribution in [2.75, 3.05) is 59.0 Å². The highest BCUT2D eigenvalue weighted by molar-refractivity contribution is 6.42. The Labute approximate surface area is 419 Å².